The molecule has 39 heavy (non-hydrogen) atoms. The molecule has 1 aliphatic rings. The van der Waals surface area contributed by atoms with Crippen molar-refractivity contribution in [2.45, 2.75) is 13.3 Å². The molecule has 5 rings (SSSR count). The number of hydrogen-bond donors (Lipinski definition) is 0. The number of carbonyl (C=O) groups is 2. The molecule has 1 aliphatic heterocycles. The summed E-state index contributed by atoms with van der Waals surface area (Å²) < 4.78 is 20.2. The van der Waals surface area contributed by atoms with Crippen molar-refractivity contribution in [1.29, 1.82) is 0 Å². The normalized spacial score (nSPS) is 13.6. The van der Waals surface area contributed by atoms with Crippen molar-refractivity contribution in [3.05, 3.63) is 131 Å². The van der Waals surface area contributed by atoms with Gasteiger partial charge >= 0.3 is 0 Å². The highest BCUT2D eigenvalue weighted by molar-refractivity contribution is 7.81. The van der Waals surface area contributed by atoms with Crippen molar-refractivity contribution in [3.8, 4) is 5.75 Å². The monoisotopic (exact) mass is 536 g/mol. The number of nitrogens with zero attached hydrogens (tertiary/aromatic N) is 2. The number of para-hydroxylation sites is 2. The van der Waals surface area contributed by atoms with E-state index >= 15 is 0 Å². The molecule has 194 valence electrons. The Balaban J connectivity index is 1.57. The van der Waals surface area contributed by atoms with E-state index in [1.807, 2.05) is 25.1 Å². The van der Waals surface area contributed by atoms with E-state index in [0.717, 1.165) is 5.56 Å². The van der Waals surface area contributed by atoms with Crippen LogP contribution < -0.4 is 14.5 Å². The molecule has 4 aromatic carbocycles. The van der Waals surface area contributed by atoms with Gasteiger partial charge in [0, 0.05) is 6.42 Å². The van der Waals surface area contributed by atoms with Crippen LogP contribution in [0.4, 0.5) is 15.8 Å². The van der Waals surface area contributed by atoms with Gasteiger partial charge in [-0.2, -0.15) is 0 Å². The first-order valence-corrected chi connectivity index (χ1v) is 12.9. The van der Waals surface area contributed by atoms with Crippen LogP contribution in [-0.4, -0.2) is 23.5 Å². The van der Waals surface area contributed by atoms with E-state index in [-0.39, 0.29) is 16.5 Å². The summed E-state index contributed by atoms with van der Waals surface area (Å²) >= 11 is 5.66. The van der Waals surface area contributed by atoms with E-state index in [4.69, 9.17) is 17.0 Å². The van der Waals surface area contributed by atoms with Gasteiger partial charge in [-0.05, 0) is 78.3 Å². The number of ether oxygens (including phenoxy) is 1. The molecule has 1 saturated heterocycles. The Labute approximate surface area is 231 Å². The van der Waals surface area contributed by atoms with E-state index in [2.05, 4.69) is 0 Å². The van der Waals surface area contributed by atoms with Crippen molar-refractivity contribution >= 4 is 46.6 Å². The minimum atomic E-state index is -0.517. The molecule has 1 fully saturated rings. The van der Waals surface area contributed by atoms with Crippen LogP contribution in [0.1, 0.15) is 23.6 Å². The lowest BCUT2D eigenvalue weighted by Crippen LogP contribution is -2.56. The average molecular weight is 537 g/mol. The fourth-order valence-corrected chi connectivity index (χ4v) is 4.83. The van der Waals surface area contributed by atoms with Gasteiger partial charge in [0.25, 0.3) is 11.8 Å². The zero-order valence-electron chi connectivity index (χ0n) is 21.2. The second-order valence-electron chi connectivity index (χ2n) is 8.86. The van der Waals surface area contributed by atoms with Gasteiger partial charge < -0.3 is 4.74 Å². The average Bonchev–Trinajstić information content (AvgIpc) is 2.95. The highest BCUT2D eigenvalue weighted by atomic mass is 32.1. The van der Waals surface area contributed by atoms with E-state index in [0.29, 0.717) is 41.3 Å². The number of anilines is 2. The maximum absolute atomic E-state index is 14.3. The fraction of sp³-hybridized carbons (Fsp3) is 0.0938. The quantitative estimate of drug-likeness (QED) is 0.152. The number of amides is 2. The van der Waals surface area contributed by atoms with Gasteiger partial charge in [0.2, 0.25) is 0 Å². The van der Waals surface area contributed by atoms with E-state index in [1.165, 1.54) is 15.9 Å². The summed E-state index contributed by atoms with van der Waals surface area (Å²) in [6, 6.07) is 30.0. The van der Waals surface area contributed by atoms with Gasteiger partial charge in [0.15, 0.2) is 5.11 Å². The molecule has 0 saturated carbocycles. The minimum absolute atomic E-state index is 0.0411. The number of thiocarbonyl (C=S) groups is 1. The number of halogens is 1. The van der Waals surface area contributed by atoms with Crippen LogP contribution in [0.25, 0.3) is 6.08 Å². The summed E-state index contributed by atoms with van der Waals surface area (Å²) in [7, 11) is 0. The van der Waals surface area contributed by atoms with Crippen LogP contribution >= 0.6 is 12.2 Å². The van der Waals surface area contributed by atoms with Crippen LogP contribution in [0.3, 0.4) is 0 Å². The number of benzene rings is 4. The van der Waals surface area contributed by atoms with Gasteiger partial charge in [-0.15, -0.1) is 0 Å². The van der Waals surface area contributed by atoms with Crippen molar-refractivity contribution in [2.75, 3.05) is 16.4 Å². The molecule has 0 spiro atoms. The summed E-state index contributed by atoms with van der Waals surface area (Å²) in [5.74, 6) is -0.766. The molecule has 0 aliphatic carbocycles. The number of rotatable bonds is 7. The van der Waals surface area contributed by atoms with Gasteiger partial charge in [0.05, 0.1) is 18.0 Å². The van der Waals surface area contributed by atoms with Gasteiger partial charge in [-0.3, -0.25) is 19.4 Å². The van der Waals surface area contributed by atoms with Crippen LogP contribution in [0, 0.1) is 5.82 Å². The molecular weight excluding hydrogens is 511 g/mol. The first-order chi connectivity index (χ1) is 19.0. The molecule has 0 atom stereocenters. The Hall–Kier alpha value is -4.62. The summed E-state index contributed by atoms with van der Waals surface area (Å²) in [4.78, 5) is 30.2. The second-order valence-corrected chi connectivity index (χ2v) is 9.23. The highest BCUT2D eigenvalue weighted by Crippen LogP contribution is 2.31. The summed E-state index contributed by atoms with van der Waals surface area (Å²) in [5.41, 5.74) is 3.02. The third-order valence-corrected chi connectivity index (χ3v) is 6.68. The zero-order valence-corrected chi connectivity index (χ0v) is 22.0. The fourth-order valence-electron chi connectivity index (χ4n) is 4.45. The van der Waals surface area contributed by atoms with Crippen LogP contribution in [0.5, 0.6) is 5.75 Å². The molecule has 2 amide bonds. The van der Waals surface area contributed by atoms with Crippen molar-refractivity contribution in [3.63, 3.8) is 0 Å². The smallest absolute Gasteiger partial charge is 0.270 e. The first kappa shape index (κ1) is 26.0. The van der Waals surface area contributed by atoms with Gasteiger partial charge in [0.1, 0.15) is 17.1 Å². The molecule has 5 nitrogen and oxygen atoms in total. The number of hydrogen-bond acceptors (Lipinski definition) is 4. The molecular formula is C32H25FN2O3S. The van der Waals surface area contributed by atoms with Gasteiger partial charge in [-0.1, -0.05) is 66.7 Å². The second kappa shape index (κ2) is 11.4. The SMILES string of the molecule is CCOc1cc(C=C2C(=O)N(c3ccccc3)C(=S)N(c3ccccc3)C2=O)ccc1Cc1ccccc1F. The molecule has 0 aromatic heterocycles. The molecule has 7 heteroatoms. The lowest BCUT2D eigenvalue weighted by Gasteiger charge is -2.36. The topological polar surface area (TPSA) is 49.9 Å². The van der Waals surface area contributed by atoms with Crippen LogP contribution in [0.15, 0.2) is 109 Å². The molecule has 0 unspecified atom stereocenters. The third-order valence-electron chi connectivity index (χ3n) is 6.32. The largest absolute Gasteiger partial charge is 0.494 e. The predicted octanol–water partition coefficient (Wildman–Crippen LogP) is 6.56. The first-order valence-electron chi connectivity index (χ1n) is 12.5. The van der Waals surface area contributed by atoms with Crippen molar-refractivity contribution in [2.24, 2.45) is 0 Å². The van der Waals surface area contributed by atoms with Crippen molar-refractivity contribution in [1.82, 2.24) is 0 Å². The standard InChI is InChI=1S/C32H25FN2O3S/c1-2-38-29-20-22(17-18-24(29)21-23-11-9-10-16-28(23)33)19-27-30(36)34(25-12-5-3-6-13-25)32(39)35(31(27)37)26-14-7-4-8-15-26/h3-20H,2,21H2,1H3. The predicted molar refractivity (Wildman–Crippen MR) is 155 cm³/mol. The third kappa shape index (κ3) is 5.35. The Morgan fingerprint density at radius 1 is 0.769 bits per heavy atom. The van der Waals surface area contributed by atoms with E-state index in [1.54, 1.807) is 84.9 Å². The Bertz CT molecular complexity index is 1510. The Morgan fingerprint density at radius 3 is 1.90 bits per heavy atom. The molecule has 0 N–H and O–H groups in total. The highest BCUT2D eigenvalue weighted by Gasteiger charge is 2.41. The Morgan fingerprint density at radius 2 is 1.33 bits per heavy atom. The lowest BCUT2D eigenvalue weighted by molar-refractivity contribution is -0.120. The van der Waals surface area contributed by atoms with E-state index < -0.39 is 11.8 Å². The number of carbonyl (C=O) groups excluding carboxylic acids is 2. The lowest BCUT2D eigenvalue weighted by atomic mass is 10.00. The molecule has 0 radical (unpaired) electrons. The summed E-state index contributed by atoms with van der Waals surface area (Å²) in [5, 5.41) is 0.0785. The van der Waals surface area contributed by atoms with Crippen LogP contribution in [-0.2, 0) is 16.0 Å². The summed E-state index contributed by atoms with van der Waals surface area (Å²) in [6.07, 6.45) is 1.89. The maximum atomic E-state index is 14.3. The molecule has 4 aromatic rings. The van der Waals surface area contributed by atoms with E-state index in [9.17, 15) is 14.0 Å². The minimum Gasteiger partial charge on any atom is -0.494 e. The summed E-state index contributed by atoms with van der Waals surface area (Å²) in [6.45, 7) is 2.27. The maximum Gasteiger partial charge on any atom is 0.270 e. The molecule has 0 bridgehead atoms. The Kier molecular flexibility index (Phi) is 7.61. The van der Waals surface area contributed by atoms with Crippen molar-refractivity contribution < 1.29 is 18.7 Å². The molecule has 1 heterocycles. The van der Waals surface area contributed by atoms with Gasteiger partial charge in [-0.25, -0.2) is 4.39 Å². The van der Waals surface area contributed by atoms with Crippen LogP contribution in [0.2, 0.25) is 0 Å². The zero-order chi connectivity index (χ0) is 27.4.